The minimum Gasteiger partial charge on any atom is -0.494 e. The molecule has 2 rings (SSSR count). The van der Waals surface area contributed by atoms with E-state index in [0.29, 0.717) is 16.1 Å². The molecule has 0 fully saturated rings. The molecule has 110 valence electrons. The van der Waals surface area contributed by atoms with Crippen molar-refractivity contribution in [1.29, 1.82) is 0 Å². The summed E-state index contributed by atoms with van der Waals surface area (Å²) in [5.74, 6) is -0.520. The summed E-state index contributed by atoms with van der Waals surface area (Å²) in [7, 11) is 1.41. The van der Waals surface area contributed by atoms with Crippen molar-refractivity contribution < 1.29 is 13.9 Å². The predicted molar refractivity (Wildman–Crippen MR) is 80.3 cm³/mol. The summed E-state index contributed by atoms with van der Waals surface area (Å²) in [6.45, 7) is 1.79. The first-order chi connectivity index (χ1) is 10.0. The number of ether oxygens (including phenoxy) is 1. The normalized spacial score (nSPS) is 11.8. The molecular formula is C16H15ClFNO2. The first kappa shape index (κ1) is 15.3. The molecule has 2 aromatic rings. The fourth-order valence-corrected chi connectivity index (χ4v) is 2.04. The first-order valence-corrected chi connectivity index (χ1v) is 6.79. The topological polar surface area (TPSA) is 38.3 Å². The summed E-state index contributed by atoms with van der Waals surface area (Å²) >= 11 is 5.78. The van der Waals surface area contributed by atoms with Crippen LogP contribution < -0.4 is 10.1 Å². The van der Waals surface area contributed by atoms with E-state index < -0.39 is 5.82 Å². The van der Waals surface area contributed by atoms with Crippen molar-refractivity contribution in [2.75, 3.05) is 7.11 Å². The average molecular weight is 308 g/mol. The van der Waals surface area contributed by atoms with Gasteiger partial charge in [-0.25, -0.2) is 4.39 Å². The van der Waals surface area contributed by atoms with Crippen LogP contribution in [0, 0.1) is 5.82 Å². The summed E-state index contributed by atoms with van der Waals surface area (Å²) in [4.78, 5) is 12.1. The molecule has 3 nitrogen and oxygen atoms in total. The highest BCUT2D eigenvalue weighted by molar-refractivity contribution is 6.30. The Labute approximate surface area is 127 Å². The molecule has 0 radical (unpaired) electrons. The highest BCUT2D eigenvalue weighted by Gasteiger charge is 2.13. The molecule has 5 heteroatoms. The van der Waals surface area contributed by atoms with Crippen molar-refractivity contribution in [1.82, 2.24) is 5.32 Å². The highest BCUT2D eigenvalue weighted by atomic mass is 35.5. The van der Waals surface area contributed by atoms with Crippen molar-refractivity contribution >= 4 is 17.5 Å². The Morgan fingerprint density at radius 2 is 1.90 bits per heavy atom. The minimum absolute atomic E-state index is 0.176. The predicted octanol–water partition coefficient (Wildman–Crippen LogP) is 3.98. The Morgan fingerprint density at radius 1 is 1.24 bits per heavy atom. The molecule has 0 aliphatic heterocycles. The number of amides is 1. The molecule has 0 spiro atoms. The van der Waals surface area contributed by atoms with Gasteiger partial charge in [0.2, 0.25) is 0 Å². The van der Waals surface area contributed by atoms with Gasteiger partial charge in [-0.05, 0) is 48.9 Å². The number of hydrogen-bond acceptors (Lipinski definition) is 2. The van der Waals surface area contributed by atoms with Gasteiger partial charge in [0.1, 0.15) is 0 Å². The average Bonchev–Trinajstić information content (AvgIpc) is 2.47. The summed E-state index contributed by atoms with van der Waals surface area (Å²) in [6, 6.07) is 10.9. The Hall–Kier alpha value is -2.07. The van der Waals surface area contributed by atoms with Crippen LogP contribution in [0.5, 0.6) is 5.75 Å². The quantitative estimate of drug-likeness (QED) is 0.928. The SMILES string of the molecule is COc1ccc([C@@H](C)NC(=O)c2ccc(Cl)cc2)cc1F. The zero-order valence-electron chi connectivity index (χ0n) is 11.7. The Balaban J connectivity index is 2.10. The van der Waals surface area contributed by atoms with Crippen LogP contribution in [0.4, 0.5) is 4.39 Å². The smallest absolute Gasteiger partial charge is 0.251 e. The van der Waals surface area contributed by atoms with Gasteiger partial charge in [-0.1, -0.05) is 17.7 Å². The van der Waals surface area contributed by atoms with Gasteiger partial charge in [-0.15, -0.1) is 0 Å². The molecule has 0 aliphatic rings. The van der Waals surface area contributed by atoms with Gasteiger partial charge < -0.3 is 10.1 Å². The second-order valence-corrected chi connectivity index (χ2v) is 5.03. The van der Waals surface area contributed by atoms with E-state index in [4.69, 9.17) is 16.3 Å². The van der Waals surface area contributed by atoms with Crippen LogP contribution in [-0.2, 0) is 0 Å². The third-order valence-electron chi connectivity index (χ3n) is 3.13. The van der Waals surface area contributed by atoms with Crippen LogP contribution in [0.3, 0.4) is 0 Å². The lowest BCUT2D eigenvalue weighted by molar-refractivity contribution is 0.0940. The van der Waals surface area contributed by atoms with Crippen molar-refractivity contribution in [2.24, 2.45) is 0 Å². The lowest BCUT2D eigenvalue weighted by Crippen LogP contribution is -2.26. The zero-order chi connectivity index (χ0) is 15.4. The summed E-state index contributed by atoms with van der Waals surface area (Å²) in [6.07, 6.45) is 0. The van der Waals surface area contributed by atoms with E-state index in [1.165, 1.54) is 19.2 Å². The maximum absolute atomic E-state index is 13.7. The van der Waals surface area contributed by atoms with Crippen LogP contribution in [0.25, 0.3) is 0 Å². The Morgan fingerprint density at radius 3 is 2.48 bits per heavy atom. The standard InChI is InChI=1S/C16H15ClFNO2/c1-10(12-5-8-15(21-2)14(18)9-12)19-16(20)11-3-6-13(17)7-4-11/h3-10H,1-2H3,(H,19,20)/t10-/m1/s1. The molecule has 21 heavy (non-hydrogen) atoms. The van der Waals surface area contributed by atoms with Gasteiger partial charge in [-0.2, -0.15) is 0 Å². The molecule has 1 amide bonds. The summed E-state index contributed by atoms with van der Waals surface area (Å²) in [5, 5.41) is 3.37. The van der Waals surface area contributed by atoms with Gasteiger partial charge in [-0.3, -0.25) is 4.79 Å². The zero-order valence-corrected chi connectivity index (χ0v) is 12.4. The molecule has 0 heterocycles. The van der Waals surface area contributed by atoms with E-state index in [-0.39, 0.29) is 17.7 Å². The van der Waals surface area contributed by atoms with Crippen molar-refractivity contribution in [3.63, 3.8) is 0 Å². The number of methoxy groups -OCH3 is 1. The minimum atomic E-state index is -0.456. The third kappa shape index (κ3) is 3.73. The number of nitrogens with one attached hydrogen (secondary N) is 1. The second-order valence-electron chi connectivity index (χ2n) is 4.60. The highest BCUT2D eigenvalue weighted by Crippen LogP contribution is 2.22. The molecule has 0 aliphatic carbocycles. The second kappa shape index (κ2) is 6.59. The molecule has 0 saturated carbocycles. The van der Waals surface area contributed by atoms with E-state index in [9.17, 15) is 9.18 Å². The van der Waals surface area contributed by atoms with Crippen LogP contribution in [0.15, 0.2) is 42.5 Å². The summed E-state index contributed by atoms with van der Waals surface area (Å²) in [5.41, 5.74) is 1.16. The number of rotatable bonds is 4. The first-order valence-electron chi connectivity index (χ1n) is 6.41. The van der Waals surface area contributed by atoms with Gasteiger partial charge in [0.25, 0.3) is 5.91 Å². The molecule has 1 atom stereocenters. The molecule has 0 aromatic heterocycles. The van der Waals surface area contributed by atoms with Crippen molar-refractivity contribution in [2.45, 2.75) is 13.0 Å². The van der Waals surface area contributed by atoms with Gasteiger partial charge in [0.05, 0.1) is 13.2 Å². The van der Waals surface area contributed by atoms with Crippen molar-refractivity contribution in [3.05, 3.63) is 64.4 Å². The molecule has 1 N–H and O–H groups in total. The Bertz CT molecular complexity index is 643. The number of halogens is 2. The van der Waals surface area contributed by atoms with Gasteiger partial charge in [0.15, 0.2) is 11.6 Å². The third-order valence-corrected chi connectivity index (χ3v) is 3.38. The number of carbonyl (C=O) groups is 1. The largest absolute Gasteiger partial charge is 0.494 e. The van der Waals surface area contributed by atoms with E-state index in [2.05, 4.69) is 5.32 Å². The van der Waals surface area contributed by atoms with E-state index in [1.54, 1.807) is 37.3 Å². The number of hydrogen-bond donors (Lipinski definition) is 1. The fourth-order valence-electron chi connectivity index (χ4n) is 1.92. The maximum Gasteiger partial charge on any atom is 0.251 e. The maximum atomic E-state index is 13.7. The molecular weight excluding hydrogens is 293 g/mol. The molecule has 0 saturated heterocycles. The van der Waals surface area contributed by atoms with E-state index in [1.807, 2.05) is 0 Å². The van der Waals surface area contributed by atoms with Crippen LogP contribution in [-0.4, -0.2) is 13.0 Å². The van der Waals surface area contributed by atoms with Gasteiger partial charge >= 0.3 is 0 Å². The van der Waals surface area contributed by atoms with E-state index >= 15 is 0 Å². The van der Waals surface area contributed by atoms with Gasteiger partial charge in [0, 0.05) is 10.6 Å². The summed E-state index contributed by atoms with van der Waals surface area (Å²) < 4.78 is 18.5. The Kier molecular flexibility index (Phi) is 4.81. The number of benzene rings is 2. The monoisotopic (exact) mass is 307 g/mol. The van der Waals surface area contributed by atoms with E-state index in [0.717, 1.165) is 0 Å². The molecule has 0 unspecified atom stereocenters. The van der Waals surface area contributed by atoms with Crippen LogP contribution in [0.1, 0.15) is 28.9 Å². The fraction of sp³-hybridized carbons (Fsp3) is 0.188. The van der Waals surface area contributed by atoms with Crippen LogP contribution >= 0.6 is 11.6 Å². The molecule has 2 aromatic carbocycles. The lowest BCUT2D eigenvalue weighted by atomic mass is 10.1. The van der Waals surface area contributed by atoms with Crippen molar-refractivity contribution in [3.8, 4) is 5.75 Å². The number of carbonyl (C=O) groups excluding carboxylic acids is 1. The lowest BCUT2D eigenvalue weighted by Gasteiger charge is -2.15. The van der Waals surface area contributed by atoms with Crippen LogP contribution in [0.2, 0.25) is 5.02 Å². The molecule has 0 bridgehead atoms.